The van der Waals surface area contributed by atoms with Gasteiger partial charge in [0.2, 0.25) is 0 Å². The minimum atomic E-state index is -1.23. The number of carbonyl (C=O) groups excluding carboxylic acids is 2. The molecule has 7 nitrogen and oxygen atoms in total. The number of carboxylic acids is 1. The lowest BCUT2D eigenvalue weighted by molar-refractivity contribution is -0.145. The highest BCUT2D eigenvalue weighted by molar-refractivity contribution is 5.81. The van der Waals surface area contributed by atoms with E-state index in [0.717, 1.165) is 12.0 Å². The van der Waals surface area contributed by atoms with Gasteiger partial charge in [0.15, 0.2) is 0 Å². The molecule has 1 N–H and O–H groups in total. The highest BCUT2D eigenvalue weighted by atomic mass is 16.6. The van der Waals surface area contributed by atoms with Gasteiger partial charge < -0.3 is 14.6 Å². The van der Waals surface area contributed by atoms with Crippen molar-refractivity contribution in [3.63, 3.8) is 0 Å². The number of esters is 1. The summed E-state index contributed by atoms with van der Waals surface area (Å²) in [4.78, 5) is 33.4. The van der Waals surface area contributed by atoms with Crippen LogP contribution >= 0.6 is 0 Å². The predicted molar refractivity (Wildman–Crippen MR) is 52.9 cm³/mol. The molecule has 0 heterocycles. The molecule has 0 fully saturated rings. The highest BCUT2D eigenvalue weighted by Crippen LogP contribution is 1.95. The zero-order chi connectivity index (χ0) is 12.6. The lowest BCUT2D eigenvalue weighted by atomic mass is 10.5. The molecule has 0 aromatic rings. The van der Waals surface area contributed by atoms with Crippen molar-refractivity contribution in [2.75, 3.05) is 26.8 Å². The van der Waals surface area contributed by atoms with Gasteiger partial charge in [-0.25, -0.2) is 4.79 Å². The maximum absolute atomic E-state index is 11.1. The lowest BCUT2D eigenvalue weighted by Gasteiger charge is -2.17. The third-order valence-corrected chi connectivity index (χ3v) is 1.55. The lowest BCUT2D eigenvalue weighted by Crippen LogP contribution is -2.39. The van der Waals surface area contributed by atoms with Gasteiger partial charge in [0.1, 0.15) is 13.1 Å². The van der Waals surface area contributed by atoms with Gasteiger partial charge in [-0.1, -0.05) is 6.92 Å². The van der Waals surface area contributed by atoms with E-state index in [1.807, 2.05) is 6.92 Å². The van der Waals surface area contributed by atoms with Crippen LogP contribution in [0.2, 0.25) is 0 Å². The first-order chi connectivity index (χ1) is 7.51. The summed E-state index contributed by atoms with van der Waals surface area (Å²) >= 11 is 0. The number of ether oxygens (including phenoxy) is 2. The van der Waals surface area contributed by atoms with Crippen LogP contribution in [0.5, 0.6) is 0 Å². The van der Waals surface area contributed by atoms with Crippen molar-refractivity contribution in [3.8, 4) is 0 Å². The standard InChI is InChI=1S/C9H15NO6/c1-3-4-16-8(13)6-10(5-7(11)12)9(14)15-2/h3-6H2,1-2H3,(H,11,12). The van der Waals surface area contributed by atoms with Crippen molar-refractivity contribution in [2.45, 2.75) is 13.3 Å². The average molecular weight is 233 g/mol. The number of methoxy groups -OCH3 is 1. The van der Waals surface area contributed by atoms with Crippen molar-refractivity contribution in [3.05, 3.63) is 0 Å². The summed E-state index contributed by atoms with van der Waals surface area (Å²) in [6.45, 7) is 1.02. The number of carboxylic acid groups (broad SMARTS) is 1. The van der Waals surface area contributed by atoms with E-state index in [1.165, 1.54) is 0 Å². The fourth-order valence-corrected chi connectivity index (χ4v) is 0.895. The number of aliphatic carboxylic acids is 1. The molecule has 0 aliphatic carbocycles. The van der Waals surface area contributed by atoms with Crippen LogP contribution in [0.3, 0.4) is 0 Å². The first-order valence-corrected chi connectivity index (χ1v) is 4.71. The quantitative estimate of drug-likeness (QED) is 0.653. The number of nitrogens with zero attached hydrogens (tertiary/aromatic N) is 1. The normalized spacial score (nSPS) is 9.38. The van der Waals surface area contributed by atoms with Crippen molar-refractivity contribution >= 4 is 18.0 Å². The summed E-state index contributed by atoms with van der Waals surface area (Å²) in [5.74, 6) is -1.89. The smallest absolute Gasteiger partial charge is 0.410 e. The molecule has 0 atom stereocenters. The fraction of sp³-hybridized carbons (Fsp3) is 0.667. The van der Waals surface area contributed by atoms with Gasteiger partial charge in [0, 0.05) is 0 Å². The zero-order valence-corrected chi connectivity index (χ0v) is 9.26. The average Bonchev–Trinajstić information content (AvgIpc) is 2.23. The Balaban J connectivity index is 4.25. The first kappa shape index (κ1) is 14.2. The topological polar surface area (TPSA) is 93.1 Å². The van der Waals surface area contributed by atoms with Gasteiger partial charge in [-0.2, -0.15) is 0 Å². The van der Waals surface area contributed by atoms with Crippen LogP contribution in [-0.2, 0) is 19.1 Å². The second-order valence-electron chi connectivity index (χ2n) is 2.94. The van der Waals surface area contributed by atoms with Gasteiger partial charge in [-0.3, -0.25) is 14.5 Å². The van der Waals surface area contributed by atoms with Gasteiger partial charge in [0.05, 0.1) is 13.7 Å². The molecule has 0 bridgehead atoms. The van der Waals surface area contributed by atoms with E-state index in [2.05, 4.69) is 4.74 Å². The Hall–Kier alpha value is -1.79. The van der Waals surface area contributed by atoms with Crippen LogP contribution in [0.15, 0.2) is 0 Å². The van der Waals surface area contributed by atoms with Crippen molar-refractivity contribution < 1.29 is 29.0 Å². The Labute approximate surface area is 92.9 Å². The number of hydrogen-bond donors (Lipinski definition) is 1. The van der Waals surface area contributed by atoms with E-state index in [4.69, 9.17) is 9.84 Å². The minimum absolute atomic E-state index is 0.237. The molecule has 0 rings (SSSR count). The summed E-state index contributed by atoms with van der Waals surface area (Å²) < 4.78 is 9.05. The molecular weight excluding hydrogens is 218 g/mol. The van der Waals surface area contributed by atoms with E-state index in [-0.39, 0.29) is 6.61 Å². The summed E-state index contributed by atoms with van der Waals surface area (Å²) in [6, 6.07) is 0. The van der Waals surface area contributed by atoms with E-state index in [0.29, 0.717) is 6.42 Å². The maximum Gasteiger partial charge on any atom is 0.410 e. The second-order valence-corrected chi connectivity index (χ2v) is 2.94. The number of carbonyl (C=O) groups is 3. The molecule has 0 aromatic heterocycles. The third-order valence-electron chi connectivity index (χ3n) is 1.55. The van der Waals surface area contributed by atoms with Crippen molar-refractivity contribution in [2.24, 2.45) is 0 Å². The van der Waals surface area contributed by atoms with Crippen LogP contribution in [0.25, 0.3) is 0 Å². The Morgan fingerprint density at radius 3 is 2.31 bits per heavy atom. The summed E-state index contributed by atoms with van der Waals surface area (Å²) in [6.07, 6.45) is -0.223. The zero-order valence-electron chi connectivity index (χ0n) is 9.26. The highest BCUT2D eigenvalue weighted by Gasteiger charge is 2.20. The Morgan fingerprint density at radius 2 is 1.88 bits per heavy atom. The molecule has 0 saturated heterocycles. The minimum Gasteiger partial charge on any atom is -0.480 e. The molecule has 92 valence electrons. The molecule has 0 aliphatic rings. The van der Waals surface area contributed by atoms with Crippen LogP contribution in [-0.4, -0.2) is 54.8 Å². The summed E-state index contributed by atoms with van der Waals surface area (Å²) in [5.41, 5.74) is 0. The molecule has 0 aromatic carbocycles. The van der Waals surface area contributed by atoms with Crippen LogP contribution in [0.4, 0.5) is 4.79 Å². The predicted octanol–water partition coefficient (Wildman–Crippen LogP) is 0.0926. The van der Waals surface area contributed by atoms with Crippen LogP contribution in [0.1, 0.15) is 13.3 Å². The van der Waals surface area contributed by atoms with Crippen molar-refractivity contribution in [1.29, 1.82) is 0 Å². The van der Waals surface area contributed by atoms with Gasteiger partial charge in [0.25, 0.3) is 0 Å². The summed E-state index contributed by atoms with van der Waals surface area (Å²) in [5, 5.41) is 8.52. The van der Waals surface area contributed by atoms with E-state index in [9.17, 15) is 14.4 Å². The van der Waals surface area contributed by atoms with E-state index < -0.39 is 31.1 Å². The third kappa shape index (κ3) is 5.84. The second kappa shape index (κ2) is 7.49. The largest absolute Gasteiger partial charge is 0.480 e. The maximum atomic E-state index is 11.1. The molecular formula is C9H15NO6. The van der Waals surface area contributed by atoms with Gasteiger partial charge >= 0.3 is 18.0 Å². The molecule has 0 radical (unpaired) electrons. The molecule has 7 heteroatoms. The number of amides is 1. The van der Waals surface area contributed by atoms with Gasteiger partial charge in [-0.05, 0) is 6.42 Å². The molecule has 0 aliphatic heterocycles. The Bertz CT molecular complexity index is 265. The number of hydrogen-bond acceptors (Lipinski definition) is 5. The molecule has 0 unspecified atom stereocenters. The Kier molecular flexibility index (Phi) is 6.66. The van der Waals surface area contributed by atoms with Crippen molar-refractivity contribution in [1.82, 2.24) is 4.90 Å². The van der Waals surface area contributed by atoms with Gasteiger partial charge in [-0.15, -0.1) is 0 Å². The first-order valence-electron chi connectivity index (χ1n) is 4.71. The van der Waals surface area contributed by atoms with Crippen LogP contribution in [0, 0.1) is 0 Å². The SMILES string of the molecule is CCCOC(=O)CN(CC(=O)O)C(=O)OC. The molecule has 16 heavy (non-hydrogen) atoms. The van der Waals surface area contributed by atoms with Crippen LogP contribution < -0.4 is 0 Å². The summed E-state index contributed by atoms with van der Waals surface area (Å²) in [7, 11) is 1.11. The molecule has 0 spiro atoms. The molecule has 1 amide bonds. The van der Waals surface area contributed by atoms with E-state index in [1.54, 1.807) is 0 Å². The van der Waals surface area contributed by atoms with E-state index >= 15 is 0 Å². The Morgan fingerprint density at radius 1 is 1.25 bits per heavy atom. The molecule has 0 saturated carbocycles. The monoisotopic (exact) mass is 233 g/mol. The number of rotatable bonds is 6. The fourth-order valence-electron chi connectivity index (χ4n) is 0.895.